The Morgan fingerprint density at radius 1 is 1.71 bits per heavy atom. The van der Waals surface area contributed by atoms with E-state index in [1.54, 1.807) is 0 Å². The predicted molar refractivity (Wildman–Crippen MR) is 63.7 cm³/mol. The number of nitrogens with zero attached hydrogens (tertiary/aromatic N) is 2. The summed E-state index contributed by atoms with van der Waals surface area (Å²) in [5.41, 5.74) is 2.08. The summed E-state index contributed by atoms with van der Waals surface area (Å²) in [5.74, 6) is -0.457. The number of aliphatic carboxylic acids is 1. The number of hydrogen-bond acceptors (Lipinski definition) is 3. The Labute approximate surface area is 101 Å². The first-order valence-corrected chi connectivity index (χ1v) is 6.07. The minimum Gasteiger partial charge on any atom is -0.480 e. The highest BCUT2D eigenvalue weighted by atomic mass is 16.4. The molecule has 1 aromatic heterocycles. The Hall–Kier alpha value is -1.36. The highest BCUT2D eigenvalue weighted by Crippen LogP contribution is 2.29. The molecule has 0 fully saturated rings. The Morgan fingerprint density at radius 3 is 2.94 bits per heavy atom. The number of imidazole rings is 1. The van der Waals surface area contributed by atoms with Gasteiger partial charge in [-0.05, 0) is 12.8 Å². The van der Waals surface area contributed by atoms with Gasteiger partial charge < -0.3 is 9.67 Å². The molecule has 0 amide bonds. The van der Waals surface area contributed by atoms with Gasteiger partial charge in [-0.1, -0.05) is 13.8 Å². The standard InChI is InChI=1S/C12H19N3O2/c1-4-15-6-13-11-9(15)5-8(12(16)17)14-10(11)7(2)3/h6-8,10,14H,4-5H2,1-3H3,(H,16,17). The average molecular weight is 237 g/mol. The van der Waals surface area contributed by atoms with E-state index in [0.717, 1.165) is 17.9 Å². The smallest absolute Gasteiger partial charge is 0.321 e. The highest BCUT2D eigenvalue weighted by molar-refractivity contribution is 5.74. The molecule has 0 bridgehead atoms. The van der Waals surface area contributed by atoms with Crippen molar-refractivity contribution in [1.82, 2.24) is 14.9 Å². The molecule has 17 heavy (non-hydrogen) atoms. The first-order valence-electron chi connectivity index (χ1n) is 6.07. The van der Waals surface area contributed by atoms with Gasteiger partial charge in [-0.25, -0.2) is 4.98 Å². The predicted octanol–water partition coefficient (Wildman–Crippen LogP) is 1.20. The maximum Gasteiger partial charge on any atom is 0.321 e. The zero-order valence-corrected chi connectivity index (χ0v) is 10.5. The summed E-state index contributed by atoms with van der Waals surface area (Å²) in [6.07, 6.45) is 2.33. The van der Waals surface area contributed by atoms with E-state index in [1.807, 2.05) is 17.8 Å². The van der Waals surface area contributed by atoms with Crippen LogP contribution in [0.15, 0.2) is 6.33 Å². The third-order valence-electron chi connectivity index (χ3n) is 3.36. The van der Waals surface area contributed by atoms with Crippen molar-refractivity contribution in [1.29, 1.82) is 0 Å². The first kappa shape index (κ1) is 12.1. The second-order valence-corrected chi connectivity index (χ2v) is 4.85. The molecule has 1 aromatic rings. The molecule has 0 radical (unpaired) electrons. The number of carbonyl (C=O) groups is 1. The van der Waals surface area contributed by atoms with Crippen LogP contribution in [0.3, 0.4) is 0 Å². The first-order chi connectivity index (χ1) is 8.04. The Morgan fingerprint density at radius 2 is 2.41 bits per heavy atom. The van der Waals surface area contributed by atoms with E-state index in [1.165, 1.54) is 0 Å². The Balaban J connectivity index is 2.40. The van der Waals surface area contributed by atoms with Gasteiger partial charge in [-0.2, -0.15) is 0 Å². The summed E-state index contributed by atoms with van der Waals surface area (Å²) in [5, 5.41) is 12.3. The monoisotopic (exact) mass is 237 g/mol. The van der Waals surface area contributed by atoms with E-state index < -0.39 is 12.0 Å². The molecular weight excluding hydrogens is 218 g/mol. The number of rotatable bonds is 3. The molecule has 5 nitrogen and oxygen atoms in total. The van der Waals surface area contributed by atoms with Gasteiger partial charge in [0, 0.05) is 18.7 Å². The minimum absolute atomic E-state index is 0.0349. The van der Waals surface area contributed by atoms with Crippen LogP contribution in [0, 0.1) is 5.92 Å². The van der Waals surface area contributed by atoms with Crippen LogP contribution in [0.4, 0.5) is 0 Å². The molecule has 0 spiro atoms. The molecule has 2 rings (SSSR count). The molecule has 2 atom stereocenters. The third-order valence-corrected chi connectivity index (χ3v) is 3.36. The number of carboxylic acid groups (broad SMARTS) is 1. The molecule has 1 aliphatic heterocycles. The molecule has 0 saturated heterocycles. The fraction of sp³-hybridized carbons (Fsp3) is 0.667. The average Bonchev–Trinajstić information content (AvgIpc) is 2.69. The largest absolute Gasteiger partial charge is 0.480 e. The second-order valence-electron chi connectivity index (χ2n) is 4.85. The van der Waals surface area contributed by atoms with E-state index in [-0.39, 0.29) is 6.04 Å². The lowest BCUT2D eigenvalue weighted by Gasteiger charge is -2.31. The second kappa shape index (κ2) is 4.49. The zero-order chi connectivity index (χ0) is 12.6. The number of aromatic nitrogens is 2. The molecule has 5 heteroatoms. The summed E-state index contributed by atoms with van der Waals surface area (Å²) < 4.78 is 2.04. The summed E-state index contributed by atoms with van der Waals surface area (Å²) in [6, 6.07) is -0.468. The van der Waals surface area contributed by atoms with Gasteiger partial charge in [0.1, 0.15) is 6.04 Å². The van der Waals surface area contributed by atoms with Crippen LogP contribution in [-0.4, -0.2) is 26.7 Å². The van der Waals surface area contributed by atoms with Crippen molar-refractivity contribution < 1.29 is 9.90 Å². The molecule has 2 unspecified atom stereocenters. The van der Waals surface area contributed by atoms with Crippen molar-refractivity contribution in [3.05, 3.63) is 17.7 Å². The van der Waals surface area contributed by atoms with Gasteiger partial charge in [0.2, 0.25) is 0 Å². The van der Waals surface area contributed by atoms with Gasteiger partial charge in [0.15, 0.2) is 0 Å². The maximum absolute atomic E-state index is 11.2. The highest BCUT2D eigenvalue weighted by Gasteiger charge is 2.34. The summed E-state index contributed by atoms with van der Waals surface area (Å²) in [7, 11) is 0. The third kappa shape index (κ3) is 2.07. The zero-order valence-electron chi connectivity index (χ0n) is 10.5. The van der Waals surface area contributed by atoms with Gasteiger partial charge >= 0.3 is 5.97 Å². The number of aryl methyl sites for hydroxylation is 1. The number of hydrogen-bond donors (Lipinski definition) is 2. The van der Waals surface area contributed by atoms with Gasteiger partial charge in [0.05, 0.1) is 18.1 Å². The fourth-order valence-corrected chi connectivity index (χ4v) is 2.39. The van der Waals surface area contributed by atoms with Crippen molar-refractivity contribution in [3.8, 4) is 0 Å². The topological polar surface area (TPSA) is 67.2 Å². The summed E-state index contributed by atoms with van der Waals surface area (Å²) in [4.78, 5) is 15.6. The van der Waals surface area contributed by atoms with Crippen molar-refractivity contribution in [2.24, 2.45) is 5.92 Å². The summed E-state index contributed by atoms with van der Waals surface area (Å²) >= 11 is 0. The van der Waals surface area contributed by atoms with Crippen LogP contribution in [0.2, 0.25) is 0 Å². The van der Waals surface area contributed by atoms with E-state index in [0.29, 0.717) is 12.3 Å². The van der Waals surface area contributed by atoms with E-state index in [2.05, 4.69) is 24.1 Å². The number of fused-ring (bicyclic) bond motifs is 1. The van der Waals surface area contributed by atoms with Gasteiger partial charge in [0.25, 0.3) is 0 Å². The van der Waals surface area contributed by atoms with Crippen LogP contribution in [0.5, 0.6) is 0 Å². The van der Waals surface area contributed by atoms with E-state index >= 15 is 0 Å². The molecular formula is C12H19N3O2. The molecule has 1 aliphatic rings. The quantitative estimate of drug-likeness (QED) is 0.829. The van der Waals surface area contributed by atoms with Crippen LogP contribution >= 0.6 is 0 Å². The summed E-state index contributed by atoms with van der Waals surface area (Å²) in [6.45, 7) is 7.04. The van der Waals surface area contributed by atoms with Crippen LogP contribution in [-0.2, 0) is 17.8 Å². The lowest BCUT2D eigenvalue weighted by Crippen LogP contribution is -2.46. The van der Waals surface area contributed by atoms with Crippen molar-refractivity contribution in [3.63, 3.8) is 0 Å². The van der Waals surface area contributed by atoms with Crippen molar-refractivity contribution >= 4 is 5.97 Å². The minimum atomic E-state index is -0.787. The molecule has 0 aromatic carbocycles. The van der Waals surface area contributed by atoms with Crippen LogP contribution in [0.1, 0.15) is 38.2 Å². The van der Waals surface area contributed by atoms with Crippen molar-refractivity contribution in [2.45, 2.75) is 45.8 Å². The Kier molecular flexibility index (Phi) is 3.19. The van der Waals surface area contributed by atoms with E-state index in [4.69, 9.17) is 0 Å². The normalized spacial score (nSPS) is 23.8. The fourth-order valence-electron chi connectivity index (χ4n) is 2.39. The molecule has 2 heterocycles. The lowest BCUT2D eigenvalue weighted by atomic mass is 9.92. The van der Waals surface area contributed by atoms with Crippen LogP contribution < -0.4 is 5.32 Å². The lowest BCUT2D eigenvalue weighted by molar-refractivity contribution is -0.140. The number of carboxylic acids is 1. The van der Waals surface area contributed by atoms with Crippen molar-refractivity contribution in [2.75, 3.05) is 0 Å². The number of nitrogens with one attached hydrogen (secondary N) is 1. The molecule has 0 saturated carbocycles. The SMILES string of the molecule is CCn1cnc2c1CC(C(=O)O)NC2C(C)C. The molecule has 2 N–H and O–H groups in total. The maximum atomic E-state index is 11.2. The van der Waals surface area contributed by atoms with Gasteiger partial charge in [-0.15, -0.1) is 0 Å². The molecule has 94 valence electrons. The molecule has 0 aliphatic carbocycles. The van der Waals surface area contributed by atoms with E-state index in [9.17, 15) is 9.90 Å². The Bertz CT molecular complexity index is 425. The van der Waals surface area contributed by atoms with Crippen LogP contribution in [0.25, 0.3) is 0 Å². The van der Waals surface area contributed by atoms with Gasteiger partial charge in [-0.3, -0.25) is 10.1 Å².